The van der Waals surface area contributed by atoms with Crippen LogP contribution in [0.15, 0.2) is 53.8 Å². The second kappa shape index (κ2) is 22.9. The molecule has 422 valence electrons. The number of aliphatic hydroxyl groups is 1. The molecule has 5 saturated carbocycles. The van der Waals surface area contributed by atoms with Crippen molar-refractivity contribution in [3.63, 3.8) is 0 Å². The van der Waals surface area contributed by atoms with Crippen LogP contribution < -0.4 is 10.1 Å². The molecule has 0 bridgehead atoms. The molecule has 1 aromatic heterocycles. The van der Waals surface area contributed by atoms with Crippen molar-refractivity contribution in [3.05, 3.63) is 59.3 Å². The highest BCUT2D eigenvalue weighted by molar-refractivity contribution is 7.91. The molecule has 1 unspecified atom stereocenters. The Bertz CT molecular complexity index is 2500. The molecule has 11 atom stereocenters. The number of rotatable bonds is 21. The van der Waals surface area contributed by atoms with Crippen LogP contribution in [0.4, 0.5) is 0 Å². The van der Waals surface area contributed by atoms with Gasteiger partial charge in [0, 0.05) is 31.3 Å². The fourth-order valence-corrected chi connectivity index (χ4v) is 19.1. The number of nitrogens with zero attached hydrogens (tertiary/aromatic N) is 2. The third-order valence-corrected chi connectivity index (χ3v) is 24.2. The number of aromatic nitrogens is 1. The van der Waals surface area contributed by atoms with Crippen LogP contribution in [0, 0.1) is 68.0 Å². The Hall–Kier alpha value is -3.53. The average Bonchev–Trinajstić information content (AvgIpc) is 3.93. The van der Waals surface area contributed by atoms with Gasteiger partial charge in [0.1, 0.15) is 33.5 Å². The van der Waals surface area contributed by atoms with E-state index in [0.29, 0.717) is 92.9 Å². The maximum atomic E-state index is 14.4. The Morgan fingerprint density at radius 1 is 0.882 bits per heavy atom. The number of sulfone groups is 1. The Labute approximate surface area is 458 Å². The lowest BCUT2D eigenvalue weighted by molar-refractivity contribution is -0.221. The van der Waals surface area contributed by atoms with Crippen molar-refractivity contribution in [1.82, 2.24) is 10.3 Å². The van der Waals surface area contributed by atoms with E-state index in [1.807, 2.05) is 0 Å². The lowest BCUT2D eigenvalue weighted by Gasteiger charge is -2.72. The van der Waals surface area contributed by atoms with Crippen LogP contribution in [0.1, 0.15) is 221 Å². The van der Waals surface area contributed by atoms with Crippen molar-refractivity contribution in [3.8, 4) is 11.9 Å². The smallest absolute Gasteiger partial charge is 0.318 e. The van der Waals surface area contributed by atoms with E-state index in [0.717, 1.165) is 51.5 Å². The van der Waals surface area contributed by atoms with Crippen LogP contribution in [-0.2, 0) is 28.9 Å². The largest absolute Gasteiger partial charge is 0.475 e. The van der Waals surface area contributed by atoms with Gasteiger partial charge in [0.25, 0.3) is 0 Å². The Kier molecular flexibility index (Phi) is 17.7. The monoisotopic (exact) mass is 1070 g/mol. The zero-order valence-electron chi connectivity index (χ0n) is 48.3. The molecular weight excluding hydrogens is 971 g/mol. The quantitative estimate of drug-likeness (QED) is 0.0521. The second-order valence-electron chi connectivity index (χ2n) is 27.1. The first-order valence-electron chi connectivity index (χ1n) is 30.0. The zero-order chi connectivity index (χ0) is 55.0. The van der Waals surface area contributed by atoms with Gasteiger partial charge in [-0.1, -0.05) is 104 Å². The summed E-state index contributed by atoms with van der Waals surface area (Å²) in [4.78, 5) is 31.6. The van der Waals surface area contributed by atoms with Gasteiger partial charge in [0.05, 0.1) is 10.9 Å². The first-order valence-corrected chi connectivity index (χ1v) is 32.0. The van der Waals surface area contributed by atoms with Crippen LogP contribution in [0.3, 0.4) is 0 Å². The number of hydrogen-bond donors (Lipinski definition) is 2. The SMILES string of the molecule is C=C(C)[C@@H]1CC[C@]2(NCCC3(O)CCC(S(C)(=O)=O)CC3)CC[C@]3(C)[C@H](CC[C@@H]4[C@@]5(C)CC=C(C6=CCC(COc7ncccc7C#N)(C(=O)O[C@@H](C)OC(=O)CCCCCCCCC)CC6)C(C)(C)[C@@H]5CC[C@]43C)[C@@H]12. The molecule has 5 fully saturated rings. The molecule has 12 heteroatoms. The number of fused-ring (bicyclic) bond motifs is 7. The first kappa shape index (κ1) is 58.6. The minimum Gasteiger partial charge on any atom is -0.475 e. The van der Waals surface area contributed by atoms with Crippen LogP contribution in [0.25, 0.3) is 0 Å². The number of carbonyl (C=O) groups is 2. The maximum Gasteiger partial charge on any atom is 0.318 e. The number of nitrogens with one attached hydrogen (secondary N) is 1. The van der Waals surface area contributed by atoms with Gasteiger partial charge in [0.2, 0.25) is 12.2 Å². The molecule has 7 aliphatic rings. The molecule has 8 rings (SSSR count). The van der Waals surface area contributed by atoms with E-state index in [-0.39, 0.29) is 50.9 Å². The van der Waals surface area contributed by atoms with E-state index in [2.05, 4.69) is 83.6 Å². The van der Waals surface area contributed by atoms with Crippen molar-refractivity contribution < 1.29 is 37.3 Å². The number of nitriles is 1. The van der Waals surface area contributed by atoms with Crippen LogP contribution in [0.2, 0.25) is 0 Å². The molecule has 0 spiro atoms. The lowest BCUT2D eigenvalue weighted by Crippen LogP contribution is -2.68. The van der Waals surface area contributed by atoms with E-state index >= 15 is 0 Å². The van der Waals surface area contributed by atoms with Crippen LogP contribution in [-0.4, -0.2) is 72.5 Å². The van der Waals surface area contributed by atoms with Crippen molar-refractivity contribution in [2.75, 3.05) is 19.4 Å². The highest BCUT2D eigenvalue weighted by atomic mass is 32.2. The van der Waals surface area contributed by atoms with E-state index in [9.17, 15) is 28.4 Å². The summed E-state index contributed by atoms with van der Waals surface area (Å²) in [6.07, 6.45) is 29.5. The number of esters is 2. The summed E-state index contributed by atoms with van der Waals surface area (Å²) in [5.41, 5.74) is 2.82. The number of carbonyl (C=O) groups excluding carboxylic acids is 2. The van der Waals surface area contributed by atoms with E-state index in [4.69, 9.17) is 14.2 Å². The summed E-state index contributed by atoms with van der Waals surface area (Å²) in [5, 5.41) is 25.4. The molecule has 76 heavy (non-hydrogen) atoms. The van der Waals surface area contributed by atoms with Crippen LogP contribution >= 0.6 is 0 Å². The molecule has 0 aromatic carbocycles. The molecule has 2 N–H and O–H groups in total. The van der Waals surface area contributed by atoms with E-state index < -0.39 is 33.1 Å². The van der Waals surface area contributed by atoms with Gasteiger partial charge in [-0.15, -0.1) is 0 Å². The Balaban J connectivity index is 0.969. The number of hydrogen-bond acceptors (Lipinski definition) is 11. The minimum atomic E-state index is -3.10. The summed E-state index contributed by atoms with van der Waals surface area (Å²) < 4.78 is 42.5. The van der Waals surface area contributed by atoms with Gasteiger partial charge >= 0.3 is 11.9 Å². The molecule has 0 radical (unpaired) electrons. The van der Waals surface area contributed by atoms with Gasteiger partial charge in [0.15, 0.2) is 0 Å². The van der Waals surface area contributed by atoms with Crippen molar-refractivity contribution in [1.29, 1.82) is 5.26 Å². The normalized spacial score (nSPS) is 37.1. The highest BCUT2D eigenvalue weighted by Gasteiger charge is 2.70. The van der Waals surface area contributed by atoms with Crippen molar-refractivity contribution in [2.45, 2.75) is 239 Å². The summed E-state index contributed by atoms with van der Waals surface area (Å²) in [6.45, 7) is 24.4. The number of ether oxygens (including phenoxy) is 3. The van der Waals surface area contributed by atoms with Gasteiger partial charge in [-0.2, -0.15) is 5.26 Å². The van der Waals surface area contributed by atoms with Gasteiger partial charge < -0.3 is 24.6 Å². The molecule has 11 nitrogen and oxygen atoms in total. The summed E-state index contributed by atoms with van der Waals surface area (Å²) in [6, 6.07) is 5.52. The first-order chi connectivity index (χ1) is 35.9. The van der Waals surface area contributed by atoms with Crippen molar-refractivity contribution >= 4 is 21.8 Å². The van der Waals surface area contributed by atoms with Gasteiger partial charge in [-0.25, -0.2) is 13.4 Å². The minimum absolute atomic E-state index is 0.0206. The number of pyridine rings is 1. The van der Waals surface area contributed by atoms with Crippen LogP contribution in [0.5, 0.6) is 5.88 Å². The molecule has 0 amide bonds. The number of unbranched alkanes of at least 4 members (excludes halogenated alkanes) is 6. The predicted molar refractivity (Wildman–Crippen MR) is 300 cm³/mol. The lowest BCUT2D eigenvalue weighted by atomic mass is 9.33. The molecule has 7 aliphatic carbocycles. The third kappa shape index (κ3) is 11.3. The Morgan fingerprint density at radius 2 is 1.61 bits per heavy atom. The summed E-state index contributed by atoms with van der Waals surface area (Å²) in [7, 11) is -3.10. The zero-order valence-corrected chi connectivity index (χ0v) is 49.2. The molecule has 0 aliphatic heterocycles. The highest BCUT2D eigenvalue weighted by Crippen LogP contribution is 2.76. The molecular formula is C64H97N3O8S. The van der Waals surface area contributed by atoms with E-state index in [1.165, 1.54) is 80.8 Å². The summed E-state index contributed by atoms with van der Waals surface area (Å²) in [5.74, 6) is 1.97. The maximum absolute atomic E-state index is 14.4. The van der Waals surface area contributed by atoms with Gasteiger partial charge in [-0.3, -0.25) is 9.59 Å². The van der Waals surface area contributed by atoms with E-state index in [1.54, 1.807) is 25.3 Å². The topological polar surface area (TPSA) is 165 Å². The Morgan fingerprint density at radius 3 is 2.28 bits per heavy atom. The molecule has 0 saturated heterocycles. The molecule has 1 heterocycles. The molecule has 1 aromatic rings. The predicted octanol–water partition coefficient (Wildman–Crippen LogP) is 13.6. The summed E-state index contributed by atoms with van der Waals surface area (Å²) >= 11 is 0. The fourth-order valence-electron chi connectivity index (χ4n) is 18.0. The second-order valence-corrected chi connectivity index (χ2v) is 29.4. The standard InChI is InChI=1S/C64H97N3O8S/c1-11-12-13-14-15-16-17-20-54(68)74-45(4)75-57(69)62(43-73-56-47(42-65)19-18-40-66-56)32-23-46(24-33-62)50-28-30-59(7)52(58(50,5)6)29-31-61(9)53(59)22-21-51-55-49(44(2)3)27-36-64(55,38-37-60(51,61)8)67-41-39-63(70)34-25-48(26-35-63)76(10,71)72/h18-19,23,28,40,45,48-49,51-53,55,67,70H,2,11-17,20-22,24-27,29-39,41,43H2,1,3-10H3/t45-,48?,49-,51+,52-,53+,55+,59-,60+,61+,62?,63?,64-/m0/s1. The van der Waals surface area contributed by atoms with Gasteiger partial charge in [-0.05, 0) is 204 Å². The van der Waals surface area contributed by atoms with Crippen molar-refractivity contribution in [2.24, 2.45) is 56.7 Å². The average molecular weight is 1070 g/mol. The number of allylic oxidation sites excluding steroid dienone is 5. The fraction of sp³-hybridized carbons (Fsp3) is 0.781. The third-order valence-electron chi connectivity index (χ3n) is 22.5.